The first kappa shape index (κ1) is 18.3. The average Bonchev–Trinajstić information content (AvgIpc) is 3.13. The summed E-state index contributed by atoms with van der Waals surface area (Å²) in [5.74, 6) is -0.241. The number of aromatic nitrogens is 1. The maximum absolute atomic E-state index is 13.4. The highest BCUT2D eigenvalue weighted by molar-refractivity contribution is 5.84. The minimum atomic E-state index is -0.241. The van der Waals surface area contributed by atoms with E-state index in [4.69, 9.17) is 0 Å². The van der Waals surface area contributed by atoms with Crippen LogP contribution in [0.5, 0.6) is 0 Å². The number of para-hydroxylation sites is 1. The summed E-state index contributed by atoms with van der Waals surface area (Å²) in [6.07, 6.45) is 2.02. The van der Waals surface area contributed by atoms with Crippen LogP contribution in [-0.4, -0.2) is 54.4 Å². The lowest BCUT2D eigenvalue weighted by Crippen LogP contribution is -2.61. The Bertz CT molecular complexity index is 1020. The lowest BCUT2D eigenvalue weighted by atomic mass is 9.97. The van der Waals surface area contributed by atoms with Crippen LogP contribution in [-0.2, 0) is 17.8 Å². The topological polar surface area (TPSA) is 51.4 Å². The fraction of sp³-hybridized carbons (Fsp3) is 0.348. The molecule has 0 amide bonds. The van der Waals surface area contributed by atoms with Crippen molar-refractivity contribution in [2.24, 2.45) is 0 Å². The fourth-order valence-corrected chi connectivity index (χ4v) is 4.87. The van der Waals surface area contributed by atoms with Crippen LogP contribution < -0.4 is 10.2 Å². The summed E-state index contributed by atoms with van der Waals surface area (Å²) >= 11 is 0. The molecule has 0 spiro atoms. The number of H-pyrrole nitrogens is 1. The summed E-state index contributed by atoms with van der Waals surface area (Å²) in [6.45, 7) is 3.97. The Balaban J connectivity index is 1.42. The molecule has 1 fully saturated rings. The zero-order valence-corrected chi connectivity index (χ0v) is 16.3. The minimum Gasteiger partial charge on any atom is -0.364 e. The lowest BCUT2D eigenvalue weighted by molar-refractivity contribution is -0.113. The Morgan fingerprint density at radius 3 is 2.76 bits per heavy atom. The quantitative estimate of drug-likeness (QED) is 0.671. The minimum absolute atomic E-state index is 0.0117. The number of hydrogen-bond donors (Lipinski definition) is 2. The van der Waals surface area contributed by atoms with E-state index in [1.54, 1.807) is 0 Å². The van der Waals surface area contributed by atoms with Gasteiger partial charge in [0.15, 0.2) is 0 Å². The summed E-state index contributed by atoms with van der Waals surface area (Å²) in [7, 11) is 0. The molecule has 29 heavy (non-hydrogen) atoms. The van der Waals surface area contributed by atoms with Crippen LogP contribution >= 0.6 is 0 Å². The fourth-order valence-electron chi connectivity index (χ4n) is 4.87. The molecular formula is C23H25FN4O. The number of piperazine rings is 1. The normalized spacial score (nSPS) is 21.1. The zero-order valence-electron chi connectivity index (χ0n) is 16.3. The molecule has 0 bridgehead atoms. The molecule has 2 unspecified atom stereocenters. The Morgan fingerprint density at radius 1 is 1.10 bits per heavy atom. The Morgan fingerprint density at radius 2 is 1.93 bits per heavy atom. The van der Waals surface area contributed by atoms with Gasteiger partial charge in [-0.15, -0.1) is 0 Å². The van der Waals surface area contributed by atoms with Gasteiger partial charge in [-0.3, -0.25) is 4.90 Å². The van der Waals surface area contributed by atoms with E-state index >= 15 is 0 Å². The van der Waals surface area contributed by atoms with Crippen molar-refractivity contribution in [3.05, 3.63) is 65.6 Å². The molecule has 2 atom stereocenters. The van der Waals surface area contributed by atoms with Gasteiger partial charge in [-0.25, -0.2) is 4.39 Å². The molecule has 3 aromatic rings. The van der Waals surface area contributed by atoms with Crippen LogP contribution in [0.2, 0.25) is 0 Å². The number of aldehydes is 1. The van der Waals surface area contributed by atoms with Gasteiger partial charge in [0.05, 0.1) is 12.1 Å². The first-order valence-electron chi connectivity index (χ1n) is 10.3. The van der Waals surface area contributed by atoms with Crippen molar-refractivity contribution in [2.75, 3.05) is 31.1 Å². The van der Waals surface area contributed by atoms with Gasteiger partial charge < -0.3 is 20.0 Å². The van der Waals surface area contributed by atoms with Crippen LogP contribution in [0, 0.1) is 5.82 Å². The largest absolute Gasteiger partial charge is 0.364 e. The van der Waals surface area contributed by atoms with Crippen molar-refractivity contribution in [3.63, 3.8) is 0 Å². The number of carbonyl (C=O) groups is 1. The number of rotatable bonds is 4. The molecule has 150 valence electrons. The van der Waals surface area contributed by atoms with E-state index < -0.39 is 0 Å². The number of benzene rings is 2. The molecule has 6 heteroatoms. The van der Waals surface area contributed by atoms with E-state index in [0.29, 0.717) is 0 Å². The summed E-state index contributed by atoms with van der Waals surface area (Å²) in [5.41, 5.74) is 4.71. The van der Waals surface area contributed by atoms with Gasteiger partial charge in [-0.2, -0.15) is 0 Å². The third-order valence-electron chi connectivity index (χ3n) is 6.31. The van der Waals surface area contributed by atoms with Gasteiger partial charge in [0.2, 0.25) is 0 Å². The number of fused-ring (bicyclic) bond motifs is 3. The van der Waals surface area contributed by atoms with Crippen LogP contribution in [0.4, 0.5) is 10.1 Å². The second kappa shape index (κ2) is 7.61. The molecule has 2 N–H and O–H groups in total. The molecule has 0 saturated carbocycles. The Hall–Kier alpha value is -2.70. The molecular weight excluding hydrogens is 367 g/mol. The van der Waals surface area contributed by atoms with Crippen molar-refractivity contribution in [2.45, 2.75) is 25.0 Å². The number of nitrogens with one attached hydrogen (secondary N) is 2. The number of hydrogen-bond acceptors (Lipinski definition) is 4. The molecule has 2 aliphatic heterocycles. The number of carbonyl (C=O) groups excluding carboxylic acids is 1. The summed E-state index contributed by atoms with van der Waals surface area (Å²) in [4.78, 5) is 20.3. The molecule has 3 heterocycles. The number of aromatic amines is 1. The monoisotopic (exact) mass is 392 g/mol. The van der Waals surface area contributed by atoms with E-state index in [1.165, 1.54) is 28.8 Å². The molecule has 0 radical (unpaired) electrons. The van der Waals surface area contributed by atoms with Crippen molar-refractivity contribution >= 4 is 22.9 Å². The second-order valence-corrected chi connectivity index (χ2v) is 7.92. The Kier molecular flexibility index (Phi) is 4.81. The highest BCUT2D eigenvalue weighted by Crippen LogP contribution is 2.30. The van der Waals surface area contributed by atoms with Crippen molar-refractivity contribution in [1.29, 1.82) is 0 Å². The highest BCUT2D eigenvalue weighted by Gasteiger charge is 2.35. The van der Waals surface area contributed by atoms with Crippen molar-refractivity contribution in [3.8, 4) is 0 Å². The van der Waals surface area contributed by atoms with Gasteiger partial charge in [-0.1, -0.05) is 18.2 Å². The molecule has 5 rings (SSSR count). The van der Waals surface area contributed by atoms with E-state index in [-0.39, 0.29) is 17.9 Å². The third kappa shape index (κ3) is 3.32. The lowest BCUT2D eigenvalue weighted by Gasteiger charge is -2.44. The van der Waals surface area contributed by atoms with E-state index in [0.717, 1.165) is 56.6 Å². The maximum Gasteiger partial charge on any atom is 0.139 e. The first-order valence-corrected chi connectivity index (χ1v) is 10.3. The van der Waals surface area contributed by atoms with E-state index in [1.807, 2.05) is 18.2 Å². The standard InChI is InChI=1S/C23H25FN4O/c24-16-5-7-17(8-6-16)28-12-10-25-13-22(28)23(15-29)27-11-9-19-18-3-1-2-4-20(18)26-21(19)14-27/h1-8,15,22-23,25-26H,9-14H2. The Labute approximate surface area is 169 Å². The van der Waals surface area contributed by atoms with Crippen LogP contribution in [0.15, 0.2) is 48.5 Å². The molecule has 0 aliphatic carbocycles. The molecule has 1 saturated heterocycles. The first-order chi connectivity index (χ1) is 14.2. The van der Waals surface area contributed by atoms with Gasteiger partial charge in [0, 0.05) is 55.0 Å². The molecule has 1 aromatic heterocycles. The van der Waals surface area contributed by atoms with Crippen LogP contribution in [0.25, 0.3) is 10.9 Å². The summed E-state index contributed by atoms with van der Waals surface area (Å²) < 4.78 is 13.4. The average molecular weight is 392 g/mol. The number of halogens is 1. The maximum atomic E-state index is 13.4. The van der Waals surface area contributed by atoms with Crippen molar-refractivity contribution < 1.29 is 9.18 Å². The third-order valence-corrected chi connectivity index (χ3v) is 6.31. The van der Waals surface area contributed by atoms with Gasteiger partial charge in [0.1, 0.15) is 12.1 Å². The number of anilines is 1. The molecule has 2 aliphatic rings. The molecule has 5 nitrogen and oxygen atoms in total. The summed E-state index contributed by atoms with van der Waals surface area (Å²) in [5, 5.41) is 4.72. The van der Waals surface area contributed by atoms with Gasteiger partial charge in [0.25, 0.3) is 0 Å². The van der Waals surface area contributed by atoms with E-state index in [9.17, 15) is 9.18 Å². The van der Waals surface area contributed by atoms with Gasteiger partial charge >= 0.3 is 0 Å². The smallest absolute Gasteiger partial charge is 0.139 e. The van der Waals surface area contributed by atoms with E-state index in [2.05, 4.69) is 38.3 Å². The zero-order chi connectivity index (χ0) is 19.8. The predicted molar refractivity (Wildman–Crippen MR) is 113 cm³/mol. The SMILES string of the molecule is O=CC(C1CNCCN1c1ccc(F)cc1)N1CCc2c([nH]c3ccccc23)C1. The number of nitrogens with zero attached hydrogens (tertiary/aromatic N) is 2. The van der Waals surface area contributed by atoms with Crippen LogP contribution in [0.3, 0.4) is 0 Å². The van der Waals surface area contributed by atoms with Gasteiger partial charge in [-0.05, 0) is 42.3 Å². The highest BCUT2D eigenvalue weighted by atomic mass is 19.1. The summed E-state index contributed by atoms with van der Waals surface area (Å²) in [6, 6.07) is 14.8. The second-order valence-electron chi connectivity index (χ2n) is 7.92. The molecule has 2 aromatic carbocycles. The van der Waals surface area contributed by atoms with Crippen molar-refractivity contribution in [1.82, 2.24) is 15.2 Å². The van der Waals surface area contributed by atoms with Crippen LogP contribution in [0.1, 0.15) is 11.3 Å². The predicted octanol–water partition coefficient (Wildman–Crippen LogP) is 2.71.